The fraction of sp³-hybridized carbons (Fsp3) is 0.571. The smallest absolute Gasteiger partial charge is 0.0585 e. The number of likely N-dealkylation sites (tertiary alicyclic amines) is 1. The number of hydrogen-bond donors (Lipinski definition) is 2. The molecule has 1 aromatic rings. The van der Waals surface area contributed by atoms with Gasteiger partial charge < -0.3 is 16.0 Å². The Balaban J connectivity index is 1.83. The molecule has 2 rings (SSSR count). The molecule has 0 aromatic heterocycles. The van der Waals surface area contributed by atoms with Gasteiger partial charge in [-0.3, -0.25) is 0 Å². The summed E-state index contributed by atoms with van der Waals surface area (Å²) in [6.45, 7) is 6.91. The van der Waals surface area contributed by atoms with E-state index in [1.807, 2.05) is 12.1 Å². The van der Waals surface area contributed by atoms with Crippen molar-refractivity contribution >= 4 is 27.3 Å². The molecular weight excluding hydrogens is 290 g/mol. The monoisotopic (exact) mass is 311 g/mol. The molecule has 1 saturated heterocycles. The number of nitrogens with one attached hydrogen (secondary N) is 1. The largest absolute Gasteiger partial charge is 0.397 e. The van der Waals surface area contributed by atoms with Gasteiger partial charge in [0, 0.05) is 11.0 Å². The SMILES string of the molecule is CCN1CCC(CNc2cc(Br)ccc2N)CC1. The van der Waals surface area contributed by atoms with Crippen LogP contribution < -0.4 is 11.1 Å². The van der Waals surface area contributed by atoms with Gasteiger partial charge in [-0.25, -0.2) is 0 Å². The molecule has 100 valence electrons. The summed E-state index contributed by atoms with van der Waals surface area (Å²) in [5, 5.41) is 3.48. The minimum atomic E-state index is 0.770. The molecule has 18 heavy (non-hydrogen) atoms. The number of piperidine rings is 1. The van der Waals surface area contributed by atoms with Crippen LogP contribution >= 0.6 is 15.9 Å². The van der Waals surface area contributed by atoms with E-state index in [9.17, 15) is 0 Å². The second-order valence-corrected chi connectivity index (χ2v) is 5.91. The minimum Gasteiger partial charge on any atom is -0.397 e. The second-order valence-electron chi connectivity index (χ2n) is 4.99. The molecule has 1 aromatic carbocycles. The van der Waals surface area contributed by atoms with Crippen LogP contribution in [0.25, 0.3) is 0 Å². The maximum absolute atomic E-state index is 5.96. The van der Waals surface area contributed by atoms with Crippen LogP contribution in [0.3, 0.4) is 0 Å². The van der Waals surface area contributed by atoms with Crippen LogP contribution in [-0.2, 0) is 0 Å². The molecule has 0 saturated carbocycles. The summed E-state index contributed by atoms with van der Waals surface area (Å²) in [4.78, 5) is 2.52. The van der Waals surface area contributed by atoms with Crippen molar-refractivity contribution in [1.29, 1.82) is 0 Å². The van der Waals surface area contributed by atoms with Crippen molar-refractivity contribution in [2.75, 3.05) is 37.2 Å². The third-order valence-electron chi connectivity index (χ3n) is 3.75. The van der Waals surface area contributed by atoms with E-state index in [4.69, 9.17) is 5.73 Å². The minimum absolute atomic E-state index is 0.770. The molecule has 3 N–H and O–H groups in total. The van der Waals surface area contributed by atoms with E-state index in [1.165, 1.54) is 32.5 Å². The Labute approximate surface area is 118 Å². The summed E-state index contributed by atoms with van der Waals surface area (Å²) in [5.74, 6) is 0.770. The van der Waals surface area contributed by atoms with E-state index >= 15 is 0 Å². The van der Waals surface area contributed by atoms with Crippen LogP contribution in [0.5, 0.6) is 0 Å². The van der Waals surface area contributed by atoms with Crippen molar-refractivity contribution in [1.82, 2.24) is 4.90 Å². The third-order valence-corrected chi connectivity index (χ3v) is 4.24. The zero-order chi connectivity index (χ0) is 13.0. The second kappa shape index (κ2) is 6.43. The first-order valence-electron chi connectivity index (χ1n) is 6.70. The number of nitrogens with zero attached hydrogens (tertiary/aromatic N) is 1. The maximum Gasteiger partial charge on any atom is 0.0585 e. The van der Waals surface area contributed by atoms with Crippen LogP contribution in [0, 0.1) is 5.92 Å². The molecule has 1 heterocycles. The molecule has 3 nitrogen and oxygen atoms in total. The molecule has 0 unspecified atom stereocenters. The van der Waals surface area contributed by atoms with E-state index in [-0.39, 0.29) is 0 Å². The Morgan fingerprint density at radius 1 is 1.39 bits per heavy atom. The number of rotatable bonds is 4. The highest BCUT2D eigenvalue weighted by atomic mass is 79.9. The van der Waals surface area contributed by atoms with Gasteiger partial charge in [-0.15, -0.1) is 0 Å². The van der Waals surface area contributed by atoms with E-state index in [1.54, 1.807) is 0 Å². The topological polar surface area (TPSA) is 41.3 Å². The number of hydrogen-bond acceptors (Lipinski definition) is 3. The lowest BCUT2D eigenvalue weighted by atomic mass is 9.97. The van der Waals surface area contributed by atoms with Crippen molar-refractivity contribution in [3.05, 3.63) is 22.7 Å². The van der Waals surface area contributed by atoms with Crippen molar-refractivity contribution < 1.29 is 0 Å². The lowest BCUT2D eigenvalue weighted by Gasteiger charge is -2.31. The maximum atomic E-state index is 5.96. The third kappa shape index (κ3) is 3.62. The van der Waals surface area contributed by atoms with Crippen LogP contribution in [0.2, 0.25) is 0 Å². The number of halogens is 1. The van der Waals surface area contributed by atoms with Crippen LogP contribution in [0.15, 0.2) is 22.7 Å². The summed E-state index contributed by atoms with van der Waals surface area (Å²) >= 11 is 3.48. The molecule has 1 aliphatic heterocycles. The molecule has 1 aliphatic rings. The Hall–Kier alpha value is -0.740. The fourth-order valence-electron chi connectivity index (χ4n) is 2.44. The quantitative estimate of drug-likeness (QED) is 0.839. The Morgan fingerprint density at radius 2 is 2.11 bits per heavy atom. The highest BCUT2D eigenvalue weighted by Gasteiger charge is 2.17. The lowest BCUT2D eigenvalue weighted by molar-refractivity contribution is 0.198. The first-order chi connectivity index (χ1) is 8.69. The Kier molecular flexibility index (Phi) is 4.89. The van der Waals surface area contributed by atoms with Gasteiger partial charge in [0.1, 0.15) is 0 Å². The normalized spacial score (nSPS) is 17.9. The zero-order valence-electron chi connectivity index (χ0n) is 11.0. The van der Waals surface area contributed by atoms with E-state index in [0.29, 0.717) is 0 Å². The molecule has 0 amide bonds. The summed E-state index contributed by atoms with van der Waals surface area (Å²) in [6.07, 6.45) is 2.57. The lowest BCUT2D eigenvalue weighted by Crippen LogP contribution is -2.35. The van der Waals surface area contributed by atoms with Gasteiger partial charge in [-0.2, -0.15) is 0 Å². The van der Waals surface area contributed by atoms with Gasteiger partial charge in [0.2, 0.25) is 0 Å². The average Bonchev–Trinajstić information content (AvgIpc) is 2.40. The van der Waals surface area contributed by atoms with E-state index < -0.39 is 0 Å². The zero-order valence-corrected chi connectivity index (χ0v) is 12.5. The van der Waals surface area contributed by atoms with Gasteiger partial charge in [-0.1, -0.05) is 22.9 Å². The molecule has 1 fully saturated rings. The number of nitrogens with two attached hydrogens (primary N) is 1. The molecule has 0 atom stereocenters. The van der Waals surface area contributed by atoms with E-state index in [0.717, 1.165) is 28.3 Å². The van der Waals surface area contributed by atoms with Crippen LogP contribution in [0.4, 0.5) is 11.4 Å². The van der Waals surface area contributed by atoms with Crippen molar-refractivity contribution in [3.8, 4) is 0 Å². The number of nitrogen functional groups attached to an aromatic ring is 1. The highest BCUT2D eigenvalue weighted by molar-refractivity contribution is 9.10. The standard InChI is InChI=1S/C14H22BrN3/c1-2-18-7-5-11(6-8-18)10-17-14-9-12(15)3-4-13(14)16/h3-4,9,11,17H,2,5-8,10,16H2,1H3. The van der Waals surface area contributed by atoms with Crippen LogP contribution in [-0.4, -0.2) is 31.1 Å². The van der Waals surface area contributed by atoms with Crippen molar-refractivity contribution in [2.24, 2.45) is 5.92 Å². The molecule has 0 bridgehead atoms. The first-order valence-corrected chi connectivity index (χ1v) is 7.49. The molecule has 4 heteroatoms. The van der Waals surface area contributed by atoms with Crippen molar-refractivity contribution in [3.63, 3.8) is 0 Å². The first kappa shape index (κ1) is 13.7. The predicted octanol–water partition coefficient (Wildman–Crippen LogP) is 3.18. The van der Waals surface area contributed by atoms with Crippen molar-refractivity contribution in [2.45, 2.75) is 19.8 Å². The summed E-state index contributed by atoms with van der Waals surface area (Å²) < 4.78 is 1.07. The van der Waals surface area contributed by atoms with Crippen LogP contribution in [0.1, 0.15) is 19.8 Å². The summed E-state index contributed by atoms with van der Waals surface area (Å²) in [5.41, 5.74) is 7.82. The van der Waals surface area contributed by atoms with Gasteiger partial charge in [0.05, 0.1) is 11.4 Å². The summed E-state index contributed by atoms with van der Waals surface area (Å²) in [6, 6.07) is 5.96. The van der Waals surface area contributed by atoms with Gasteiger partial charge in [0.15, 0.2) is 0 Å². The fourth-order valence-corrected chi connectivity index (χ4v) is 2.80. The Bertz CT molecular complexity index is 387. The average molecular weight is 312 g/mol. The molecule has 0 aliphatic carbocycles. The highest BCUT2D eigenvalue weighted by Crippen LogP contribution is 2.25. The molecular formula is C14H22BrN3. The molecule has 0 spiro atoms. The number of anilines is 2. The Morgan fingerprint density at radius 3 is 2.78 bits per heavy atom. The molecule has 0 radical (unpaired) electrons. The summed E-state index contributed by atoms with van der Waals surface area (Å²) in [7, 11) is 0. The number of benzene rings is 1. The van der Waals surface area contributed by atoms with Gasteiger partial charge in [-0.05, 0) is 56.6 Å². The van der Waals surface area contributed by atoms with E-state index in [2.05, 4.69) is 39.1 Å². The van der Waals surface area contributed by atoms with Gasteiger partial charge >= 0.3 is 0 Å². The predicted molar refractivity (Wildman–Crippen MR) is 81.9 cm³/mol. The van der Waals surface area contributed by atoms with Gasteiger partial charge in [0.25, 0.3) is 0 Å².